The molecule has 0 spiro atoms. The van der Waals surface area contributed by atoms with Crippen molar-refractivity contribution in [3.8, 4) is 0 Å². The highest BCUT2D eigenvalue weighted by Crippen LogP contribution is 2.70. The van der Waals surface area contributed by atoms with Gasteiger partial charge in [0.2, 0.25) is 11.8 Å². The lowest BCUT2D eigenvalue weighted by atomic mass is 9.46. The van der Waals surface area contributed by atoms with E-state index in [-0.39, 0.29) is 40.9 Å². The molecule has 2 amide bonds. The van der Waals surface area contributed by atoms with Gasteiger partial charge in [-0.25, -0.2) is 0 Å². The maximum absolute atomic E-state index is 13.9. The number of amides is 2. The van der Waals surface area contributed by atoms with Crippen molar-refractivity contribution in [3.05, 3.63) is 89.0 Å². The van der Waals surface area contributed by atoms with Crippen LogP contribution in [0.3, 0.4) is 0 Å². The molecule has 1 aliphatic heterocycles. The first-order valence-electron chi connectivity index (χ1n) is 20.7. The second-order valence-electron chi connectivity index (χ2n) is 18.6. The maximum Gasteiger partial charge on any atom is 0.246 e. The molecule has 2 unspecified atom stereocenters. The number of rotatable bonds is 11. The number of benzene rings is 2. The Labute approximate surface area is 335 Å². The monoisotopic (exact) mass is 779 g/mol. The molecular formula is C46H57N3O8. The van der Waals surface area contributed by atoms with Crippen molar-refractivity contribution in [2.75, 3.05) is 11.9 Å². The molecule has 5 aliphatic carbocycles. The Morgan fingerprint density at radius 2 is 1.72 bits per heavy atom. The van der Waals surface area contributed by atoms with Crippen molar-refractivity contribution in [3.63, 3.8) is 0 Å². The molecule has 5 N–H and O–H groups in total. The van der Waals surface area contributed by atoms with Crippen LogP contribution >= 0.6 is 0 Å². The van der Waals surface area contributed by atoms with Crippen molar-refractivity contribution in [1.82, 2.24) is 10.6 Å². The summed E-state index contributed by atoms with van der Waals surface area (Å²) in [6, 6.07) is 14.4. The molecule has 6 aliphatic rings. The van der Waals surface area contributed by atoms with Gasteiger partial charge in [-0.15, -0.1) is 0 Å². The number of ether oxygens (including phenoxy) is 2. The van der Waals surface area contributed by atoms with E-state index in [1.807, 2.05) is 68.5 Å². The summed E-state index contributed by atoms with van der Waals surface area (Å²) in [6.45, 7) is 11.2. The zero-order valence-electron chi connectivity index (χ0n) is 33.8. The summed E-state index contributed by atoms with van der Waals surface area (Å²) in [4.78, 5) is 52.0. The molecule has 11 nitrogen and oxygen atoms in total. The molecule has 304 valence electrons. The second-order valence-corrected chi connectivity index (χ2v) is 18.6. The number of aliphatic hydroxyl groups is 2. The quantitative estimate of drug-likeness (QED) is 0.209. The summed E-state index contributed by atoms with van der Waals surface area (Å²) in [5, 5.41) is 31.4. The molecule has 2 aromatic carbocycles. The van der Waals surface area contributed by atoms with Gasteiger partial charge in [0.25, 0.3) is 0 Å². The molecule has 0 radical (unpaired) electrons. The third-order valence-corrected chi connectivity index (χ3v) is 15.0. The van der Waals surface area contributed by atoms with Crippen LogP contribution in [0.2, 0.25) is 0 Å². The lowest BCUT2D eigenvalue weighted by Crippen LogP contribution is -2.63. The first kappa shape index (κ1) is 39.8. The fourth-order valence-corrected chi connectivity index (χ4v) is 11.6. The lowest BCUT2D eigenvalue weighted by molar-refractivity contribution is -0.201. The van der Waals surface area contributed by atoms with Crippen molar-refractivity contribution < 1.29 is 38.9 Å². The van der Waals surface area contributed by atoms with E-state index in [0.29, 0.717) is 30.9 Å². The fraction of sp³-hybridized carbons (Fsp3) is 0.565. The molecule has 2 aromatic rings. The number of allylic oxidation sites excluding steroid dienone is 4. The fourth-order valence-electron chi connectivity index (χ4n) is 11.6. The third-order valence-electron chi connectivity index (χ3n) is 15.0. The number of carbonyl (C=O) groups is 4. The van der Waals surface area contributed by atoms with Crippen LogP contribution in [-0.4, -0.2) is 75.6 Å². The molecule has 0 aromatic heterocycles. The summed E-state index contributed by atoms with van der Waals surface area (Å²) in [5.41, 5.74) is 1.81. The van der Waals surface area contributed by atoms with E-state index in [1.54, 1.807) is 19.1 Å². The minimum absolute atomic E-state index is 0.0139. The van der Waals surface area contributed by atoms with Crippen LogP contribution in [0.1, 0.15) is 96.6 Å². The Bertz CT molecular complexity index is 2030. The van der Waals surface area contributed by atoms with Gasteiger partial charge in [0.05, 0.1) is 18.2 Å². The number of nitrogens with one attached hydrogen (secondary N) is 3. The first-order valence-corrected chi connectivity index (χ1v) is 20.7. The first-order chi connectivity index (χ1) is 27.0. The van der Waals surface area contributed by atoms with Crippen LogP contribution in [0.15, 0.2) is 72.3 Å². The number of hydrogen-bond donors (Lipinski definition) is 5. The molecule has 0 bridgehead atoms. The van der Waals surface area contributed by atoms with Gasteiger partial charge in [-0.05, 0) is 112 Å². The van der Waals surface area contributed by atoms with Gasteiger partial charge in [-0.3, -0.25) is 19.2 Å². The third kappa shape index (κ3) is 6.63. The van der Waals surface area contributed by atoms with E-state index in [0.717, 1.165) is 41.5 Å². The van der Waals surface area contributed by atoms with Gasteiger partial charge in [0, 0.05) is 33.5 Å². The predicted octanol–water partition coefficient (Wildman–Crippen LogP) is 5.10. The van der Waals surface area contributed by atoms with Crippen LogP contribution in [0.5, 0.6) is 0 Å². The molecular weight excluding hydrogens is 723 g/mol. The average molecular weight is 780 g/mol. The Balaban J connectivity index is 0.922. The number of aliphatic hydroxyl groups excluding tert-OH is 2. The van der Waals surface area contributed by atoms with E-state index < -0.39 is 59.4 Å². The van der Waals surface area contributed by atoms with Gasteiger partial charge < -0.3 is 35.6 Å². The number of carbonyl (C=O) groups excluding carboxylic acids is 4. The normalized spacial score (nSPS) is 38.5. The molecule has 13 atom stereocenters. The van der Waals surface area contributed by atoms with Crippen LogP contribution in [0, 0.1) is 34.5 Å². The van der Waals surface area contributed by atoms with Crippen molar-refractivity contribution in [1.29, 1.82) is 0 Å². The number of fused-ring (bicyclic) bond motifs is 7. The number of anilines is 1. The van der Waals surface area contributed by atoms with Crippen LogP contribution < -0.4 is 16.0 Å². The number of hydrogen-bond acceptors (Lipinski definition) is 9. The second kappa shape index (κ2) is 14.4. The highest BCUT2D eigenvalue weighted by Gasteiger charge is 2.76. The molecule has 11 heteroatoms. The summed E-state index contributed by atoms with van der Waals surface area (Å²) >= 11 is 0. The summed E-state index contributed by atoms with van der Waals surface area (Å²) in [6.07, 6.45) is 7.26. The Kier molecular flexibility index (Phi) is 10.0. The SMILES string of the molecule is CC1CC1(C)N[C@@H](C)C(=O)N[C@@H](C)C(=O)Nc1cccc(Cc2ccc([C@@H]3O[C@@H]4C[C@H]5[C@@H]6CCC7=CC(=O)C=C[C@]7(C)[C@H]6[C@@H](O)C[C@]5(C)[C@]4(C(=O)CO)O3)cc2)c1. The molecule has 5 fully saturated rings. The van der Waals surface area contributed by atoms with Crippen LogP contribution in [-0.2, 0) is 35.1 Å². The molecule has 1 saturated heterocycles. The van der Waals surface area contributed by atoms with Crippen molar-refractivity contribution in [2.24, 2.45) is 34.5 Å². The van der Waals surface area contributed by atoms with E-state index in [4.69, 9.17) is 9.47 Å². The predicted molar refractivity (Wildman–Crippen MR) is 214 cm³/mol. The molecule has 4 saturated carbocycles. The highest BCUT2D eigenvalue weighted by molar-refractivity contribution is 6.01. The van der Waals surface area contributed by atoms with Crippen molar-refractivity contribution in [2.45, 2.75) is 122 Å². The van der Waals surface area contributed by atoms with Crippen molar-refractivity contribution >= 4 is 29.1 Å². The minimum Gasteiger partial charge on any atom is -0.393 e. The smallest absolute Gasteiger partial charge is 0.246 e. The summed E-state index contributed by atoms with van der Waals surface area (Å²) in [5.74, 6) is -0.425. The van der Waals surface area contributed by atoms with E-state index in [1.165, 1.54) is 0 Å². The topological polar surface area (TPSA) is 163 Å². The van der Waals surface area contributed by atoms with Gasteiger partial charge >= 0.3 is 0 Å². The van der Waals surface area contributed by atoms with Gasteiger partial charge in [0.15, 0.2) is 23.5 Å². The zero-order valence-corrected chi connectivity index (χ0v) is 33.8. The standard InChI is InChI=1S/C46H57N3O8/c1-25-22-45(25,6)49-27(3)41(55)47-26(2)40(54)48-32-9-7-8-29(19-32)18-28-10-12-30(13-11-28)42-56-38-21-35-34-15-14-31-20-33(51)16-17-43(31,4)39(34)36(52)23-44(35,5)46(38,57-42)37(53)24-50/h7-13,16-17,19-20,25-27,34-36,38-39,42,49-50,52H,14-15,18,21-24H2,1-6H3,(H,47,55)(H,48,54)/t25?,26-,27-,34-,35-,36-,38+,39+,42+,43-,44-,45?,46+/m0/s1. The maximum atomic E-state index is 13.9. The van der Waals surface area contributed by atoms with Crippen LogP contribution in [0.25, 0.3) is 0 Å². The average Bonchev–Trinajstić information content (AvgIpc) is 3.46. The Morgan fingerprint density at radius 3 is 2.42 bits per heavy atom. The van der Waals surface area contributed by atoms with Gasteiger partial charge in [-0.1, -0.05) is 68.8 Å². The van der Waals surface area contributed by atoms with Gasteiger partial charge in [-0.2, -0.15) is 0 Å². The largest absolute Gasteiger partial charge is 0.393 e. The van der Waals surface area contributed by atoms with E-state index >= 15 is 0 Å². The van der Waals surface area contributed by atoms with Gasteiger partial charge in [0.1, 0.15) is 12.6 Å². The molecule has 57 heavy (non-hydrogen) atoms. The van der Waals surface area contributed by atoms with Crippen LogP contribution in [0.4, 0.5) is 5.69 Å². The van der Waals surface area contributed by atoms with E-state index in [2.05, 4.69) is 36.7 Å². The Morgan fingerprint density at radius 1 is 0.982 bits per heavy atom. The molecule has 1 heterocycles. The number of Topliss-reactive ketones (excluding diaryl/α,β-unsaturated/α-hetero) is 1. The Hall–Kier alpha value is -4.00. The summed E-state index contributed by atoms with van der Waals surface area (Å²) in [7, 11) is 0. The molecule has 8 rings (SSSR count). The number of ketones is 2. The minimum atomic E-state index is -1.41. The lowest BCUT2D eigenvalue weighted by Gasteiger charge is -2.59. The summed E-state index contributed by atoms with van der Waals surface area (Å²) < 4.78 is 13.4. The zero-order chi connectivity index (χ0) is 40.7. The highest BCUT2D eigenvalue weighted by atomic mass is 16.7. The van der Waals surface area contributed by atoms with E-state index in [9.17, 15) is 29.4 Å².